The molecule has 7 heteroatoms. The summed E-state index contributed by atoms with van der Waals surface area (Å²) in [6.45, 7) is 4.24. The van der Waals surface area contributed by atoms with Crippen LogP contribution < -0.4 is 5.56 Å². The number of nitrogens with zero attached hydrogens (tertiary/aromatic N) is 3. The minimum atomic E-state index is -0.299. The van der Waals surface area contributed by atoms with E-state index < -0.39 is 0 Å². The third-order valence-electron chi connectivity index (χ3n) is 3.27. The summed E-state index contributed by atoms with van der Waals surface area (Å²) in [5, 5.41) is 0.852. The van der Waals surface area contributed by atoms with Gasteiger partial charge in [-0.1, -0.05) is 27.7 Å². The maximum atomic E-state index is 12.6. The summed E-state index contributed by atoms with van der Waals surface area (Å²) >= 11 is 4.69. The van der Waals surface area contributed by atoms with E-state index in [1.54, 1.807) is 29.6 Å². The Morgan fingerprint density at radius 2 is 2.14 bits per heavy atom. The first-order chi connectivity index (χ1) is 10.3. The second-order valence-electron chi connectivity index (χ2n) is 5.10. The monoisotopic (exact) mass is 383 g/mol. The zero-order valence-corrected chi connectivity index (χ0v) is 15.4. The van der Waals surface area contributed by atoms with Crippen LogP contribution >= 0.6 is 27.7 Å². The Labute approximate surface area is 141 Å². The highest BCUT2D eigenvalue weighted by molar-refractivity contribution is 9.10. The maximum Gasteiger partial charge on any atom is 0.262 e. The predicted octanol–water partition coefficient (Wildman–Crippen LogP) is 2.75. The number of amides is 1. The molecule has 0 aliphatic carbocycles. The summed E-state index contributed by atoms with van der Waals surface area (Å²) in [5.74, 6) is -0.00203. The highest BCUT2D eigenvalue weighted by atomic mass is 79.9. The van der Waals surface area contributed by atoms with Crippen molar-refractivity contribution in [2.75, 3.05) is 14.1 Å². The van der Waals surface area contributed by atoms with E-state index in [4.69, 9.17) is 0 Å². The highest BCUT2D eigenvalue weighted by Gasteiger charge is 2.20. The first-order valence-corrected chi connectivity index (χ1v) is 8.60. The third-order valence-corrected chi connectivity index (χ3v) is 4.84. The normalized spacial score (nSPS) is 12.4. The van der Waals surface area contributed by atoms with Crippen molar-refractivity contribution in [3.8, 4) is 0 Å². The fourth-order valence-corrected chi connectivity index (χ4v) is 3.59. The van der Waals surface area contributed by atoms with Gasteiger partial charge in [0, 0.05) is 25.1 Å². The van der Waals surface area contributed by atoms with Crippen LogP contribution in [0.2, 0.25) is 0 Å². The number of fused-ring (bicyclic) bond motifs is 1. The van der Waals surface area contributed by atoms with Crippen LogP contribution in [0.5, 0.6) is 0 Å². The summed E-state index contributed by atoms with van der Waals surface area (Å²) in [6.07, 6.45) is 0. The van der Waals surface area contributed by atoms with E-state index in [2.05, 4.69) is 20.9 Å². The van der Waals surface area contributed by atoms with Gasteiger partial charge in [0.2, 0.25) is 5.91 Å². The molecule has 22 heavy (non-hydrogen) atoms. The SMILES string of the molecule is CCn1c(SC(C)C(=O)N(C)C)nc2ccc(Br)cc2c1=O. The van der Waals surface area contributed by atoms with Gasteiger partial charge >= 0.3 is 0 Å². The number of carbonyl (C=O) groups excluding carboxylic acids is 1. The Kier molecular flexibility index (Phi) is 5.28. The van der Waals surface area contributed by atoms with E-state index in [0.29, 0.717) is 22.6 Å². The Morgan fingerprint density at radius 3 is 2.73 bits per heavy atom. The first-order valence-electron chi connectivity index (χ1n) is 6.93. The lowest BCUT2D eigenvalue weighted by atomic mass is 10.2. The molecule has 1 amide bonds. The van der Waals surface area contributed by atoms with E-state index in [1.807, 2.05) is 26.0 Å². The Hall–Kier alpha value is -1.34. The second-order valence-corrected chi connectivity index (χ2v) is 7.32. The number of benzene rings is 1. The molecule has 0 spiro atoms. The largest absolute Gasteiger partial charge is 0.348 e. The van der Waals surface area contributed by atoms with Gasteiger partial charge in [0.15, 0.2) is 5.16 Å². The molecule has 2 rings (SSSR count). The van der Waals surface area contributed by atoms with Crippen molar-refractivity contribution < 1.29 is 4.79 Å². The highest BCUT2D eigenvalue weighted by Crippen LogP contribution is 2.24. The Balaban J connectivity index is 2.52. The fourth-order valence-electron chi connectivity index (χ4n) is 2.11. The van der Waals surface area contributed by atoms with E-state index in [0.717, 1.165) is 4.47 Å². The van der Waals surface area contributed by atoms with Crippen LogP contribution in [0, 0.1) is 0 Å². The number of hydrogen-bond donors (Lipinski definition) is 0. The first kappa shape index (κ1) is 17.0. The van der Waals surface area contributed by atoms with Gasteiger partial charge in [0.25, 0.3) is 5.56 Å². The average Bonchev–Trinajstić information content (AvgIpc) is 2.47. The smallest absolute Gasteiger partial charge is 0.262 e. The molecule has 0 saturated carbocycles. The molecule has 5 nitrogen and oxygen atoms in total. The van der Waals surface area contributed by atoms with Crippen molar-refractivity contribution >= 4 is 44.5 Å². The molecule has 1 aromatic carbocycles. The molecule has 0 radical (unpaired) electrons. The molecule has 0 N–H and O–H groups in total. The summed E-state index contributed by atoms with van der Waals surface area (Å²) in [7, 11) is 3.44. The molecule has 0 aliphatic heterocycles. The maximum absolute atomic E-state index is 12.6. The van der Waals surface area contributed by atoms with Crippen LogP contribution in [0.3, 0.4) is 0 Å². The lowest BCUT2D eigenvalue weighted by Crippen LogP contribution is -2.31. The molecule has 0 saturated heterocycles. The molecule has 0 fully saturated rings. The Bertz CT molecular complexity index is 773. The van der Waals surface area contributed by atoms with E-state index in [9.17, 15) is 9.59 Å². The molecule has 0 aliphatic rings. The lowest BCUT2D eigenvalue weighted by Gasteiger charge is -2.18. The van der Waals surface area contributed by atoms with Crippen molar-refractivity contribution in [1.29, 1.82) is 0 Å². The molecule has 118 valence electrons. The van der Waals surface area contributed by atoms with Crippen molar-refractivity contribution in [3.05, 3.63) is 33.0 Å². The number of halogens is 1. The van der Waals surface area contributed by atoms with Crippen LogP contribution in [-0.4, -0.2) is 39.7 Å². The van der Waals surface area contributed by atoms with Gasteiger partial charge in [-0.15, -0.1) is 0 Å². The van der Waals surface area contributed by atoms with Crippen molar-refractivity contribution in [3.63, 3.8) is 0 Å². The molecular weight excluding hydrogens is 366 g/mol. The van der Waals surface area contributed by atoms with Crippen LogP contribution in [-0.2, 0) is 11.3 Å². The van der Waals surface area contributed by atoms with Crippen molar-refractivity contribution in [2.24, 2.45) is 0 Å². The zero-order valence-electron chi connectivity index (χ0n) is 13.0. The van der Waals surface area contributed by atoms with Gasteiger partial charge in [-0.3, -0.25) is 14.2 Å². The minimum Gasteiger partial charge on any atom is -0.348 e. The number of rotatable bonds is 4. The van der Waals surface area contributed by atoms with Crippen molar-refractivity contribution in [1.82, 2.24) is 14.5 Å². The van der Waals surface area contributed by atoms with Gasteiger partial charge < -0.3 is 4.90 Å². The summed E-state index contributed by atoms with van der Waals surface area (Å²) in [6, 6.07) is 5.44. The number of thioether (sulfide) groups is 1. The summed E-state index contributed by atoms with van der Waals surface area (Å²) < 4.78 is 2.46. The molecule has 1 unspecified atom stereocenters. The lowest BCUT2D eigenvalue weighted by molar-refractivity contribution is -0.127. The van der Waals surface area contributed by atoms with Gasteiger partial charge in [-0.2, -0.15) is 0 Å². The molecule has 1 aromatic heterocycles. The summed E-state index contributed by atoms with van der Waals surface area (Å²) in [5.41, 5.74) is 0.561. The van der Waals surface area contributed by atoms with Crippen LogP contribution in [0.15, 0.2) is 32.6 Å². The molecular formula is C15H18BrN3O2S. The number of carbonyl (C=O) groups is 1. The van der Waals surface area contributed by atoms with E-state index in [1.165, 1.54) is 11.8 Å². The van der Waals surface area contributed by atoms with Crippen molar-refractivity contribution in [2.45, 2.75) is 30.8 Å². The van der Waals surface area contributed by atoms with Crippen LogP contribution in [0.25, 0.3) is 10.9 Å². The molecule has 1 atom stereocenters. The number of aromatic nitrogens is 2. The minimum absolute atomic E-state index is 0.00203. The second kappa shape index (κ2) is 6.83. The van der Waals surface area contributed by atoms with E-state index >= 15 is 0 Å². The molecule has 0 bridgehead atoms. The predicted molar refractivity (Wildman–Crippen MR) is 93.4 cm³/mol. The zero-order chi connectivity index (χ0) is 16.4. The van der Waals surface area contributed by atoms with Gasteiger partial charge in [-0.25, -0.2) is 4.98 Å². The molecule has 2 aromatic rings. The van der Waals surface area contributed by atoms with Gasteiger partial charge in [0.05, 0.1) is 16.2 Å². The third kappa shape index (κ3) is 3.35. The average molecular weight is 384 g/mol. The van der Waals surface area contributed by atoms with Crippen LogP contribution in [0.1, 0.15) is 13.8 Å². The topological polar surface area (TPSA) is 55.2 Å². The molecule has 1 heterocycles. The standard InChI is InChI=1S/C15H18BrN3O2S/c1-5-19-14(21)11-8-10(16)6-7-12(11)17-15(19)22-9(2)13(20)18(3)4/h6-9H,5H2,1-4H3. The van der Waals surface area contributed by atoms with Gasteiger partial charge in [0.1, 0.15) is 0 Å². The quantitative estimate of drug-likeness (QED) is 0.601. The Morgan fingerprint density at radius 1 is 1.45 bits per heavy atom. The van der Waals surface area contributed by atoms with Gasteiger partial charge in [-0.05, 0) is 32.0 Å². The number of hydrogen-bond acceptors (Lipinski definition) is 4. The fraction of sp³-hybridized carbons (Fsp3) is 0.400. The van der Waals surface area contributed by atoms with E-state index in [-0.39, 0.29) is 16.7 Å². The van der Waals surface area contributed by atoms with Crippen LogP contribution in [0.4, 0.5) is 0 Å². The summed E-state index contributed by atoms with van der Waals surface area (Å²) in [4.78, 5) is 30.7.